The van der Waals surface area contributed by atoms with Crippen LogP contribution in [0.15, 0.2) is 0 Å². The fourth-order valence-corrected chi connectivity index (χ4v) is 1.70. The van der Waals surface area contributed by atoms with E-state index in [1.165, 1.54) is 0 Å². The van der Waals surface area contributed by atoms with Crippen LogP contribution in [0.25, 0.3) is 0 Å². The lowest BCUT2D eigenvalue weighted by Crippen LogP contribution is -2.38. The molecule has 0 radical (unpaired) electrons. The van der Waals surface area contributed by atoms with Gasteiger partial charge in [-0.25, -0.2) is 0 Å². The van der Waals surface area contributed by atoms with Crippen LogP contribution in [0, 0.1) is 16.7 Å². The summed E-state index contributed by atoms with van der Waals surface area (Å²) in [5, 5.41) is 10.5. The number of rotatable bonds is 8. The van der Waals surface area contributed by atoms with Gasteiger partial charge in [-0.05, 0) is 54.4 Å². The molecule has 0 amide bonds. The molecule has 0 rings (SSSR count). The minimum absolute atomic E-state index is 0.000726. The predicted octanol–water partition coefficient (Wildman–Crippen LogP) is 1.07. The molecule has 0 aromatic heterocycles. The van der Waals surface area contributed by atoms with Gasteiger partial charge in [0, 0.05) is 11.7 Å². The monoisotopic (exact) mass is 391 g/mol. The first-order valence-corrected chi connectivity index (χ1v) is 8.75. The summed E-state index contributed by atoms with van der Waals surface area (Å²) >= 11 is 3.98. The smallest absolute Gasteiger partial charge is 0.412 e. The van der Waals surface area contributed by atoms with E-state index in [0.29, 0.717) is 0 Å². The quantitative estimate of drug-likeness (QED) is 0.371. The second kappa shape index (κ2) is 9.80. The number of carbonyl (C=O) groups is 4. The lowest BCUT2D eigenvalue weighted by Gasteiger charge is -2.26. The van der Waals surface area contributed by atoms with Crippen LogP contribution in [0.1, 0.15) is 54.4 Å². The van der Waals surface area contributed by atoms with E-state index in [4.69, 9.17) is 14.2 Å². The highest BCUT2D eigenvalue weighted by Gasteiger charge is 2.34. The van der Waals surface area contributed by atoms with E-state index >= 15 is 0 Å². The molecule has 0 N–H and O–H groups in total. The second-order valence-electron chi connectivity index (χ2n) is 7.83. The first-order chi connectivity index (χ1) is 11.7. The zero-order valence-corrected chi connectivity index (χ0v) is 16.9. The summed E-state index contributed by atoms with van der Waals surface area (Å²) in [7, 11) is 0. The lowest BCUT2D eigenvalue weighted by atomic mass is 9.97. The topological polar surface area (TPSA) is 119 Å². The van der Waals surface area contributed by atoms with Crippen molar-refractivity contribution in [1.29, 1.82) is 0 Å². The Bertz CT molecular complexity index is 502. The van der Waals surface area contributed by atoms with Crippen molar-refractivity contribution in [3.8, 4) is 0 Å². The second-order valence-corrected chi connectivity index (χ2v) is 8.19. The Balaban J connectivity index is 5.19. The Labute approximate surface area is 159 Å². The van der Waals surface area contributed by atoms with Gasteiger partial charge in [-0.2, -0.15) is 12.6 Å². The number of carbonyl (C=O) groups excluding carboxylic acids is 4. The van der Waals surface area contributed by atoms with Crippen LogP contribution < -0.4 is 5.11 Å². The van der Waals surface area contributed by atoms with Gasteiger partial charge < -0.3 is 24.1 Å². The van der Waals surface area contributed by atoms with Crippen LogP contribution in [0.5, 0.6) is 0 Å². The van der Waals surface area contributed by atoms with Crippen LogP contribution in [-0.2, 0) is 33.4 Å². The Morgan fingerprint density at radius 2 is 1.31 bits per heavy atom. The van der Waals surface area contributed by atoms with Crippen molar-refractivity contribution in [3.05, 3.63) is 0 Å². The maximum Gasteiger partial charge on any atom is 0.412 e. The number of thiol groups is 1. The number of carboxylic acids is 1. The fourth-order valence-electron chi connectivity index (χ4n) is 1.37. The summed E-state index contributed by atoms with van der Waals surface area (Å²) in [4.78, 5) is 46.8. The van der Waals surface area contributed by atoms with Crippen molar-refractivity contribution in [3.63, 3.8) is 0 Å². The van der Waals surface area contributed by atoms with E-state index in [-0.39, 0.29) is 18.6 Å². The SMILES string of the molecule is CC(C)(C)C(=O)OC(OC(=O)C(CS)CCC(=O)[O-])OC(=O)C(C)(C)C. The van der Waals surface area contributed by atoms with E-state index in [1.54, 1.807) is 41.5 Å². The number of aliphatic carboxylic acids is 1. The van der Waals surface area contributed by atoms with Crippen LogP contribution in [-0.4, -0.2) is 36.1 Å². The summed E-state index contributed by atoms with van der Waals surface area (Å²) in [5.74, 6) is -4.59. The highest BCUT2D eigenvalue weighted by molar-refractivity contribution is 7.80. The minimum Gasteiger partial charge on any atom is -0.550 e. The molecule has 0 spiro atoms. The number of ether oxygens (including phenoxy) is 3. The molecule has 0 saturated carbocycles. The number of hydrogen-bond donors (Lipinski definition) is 1. The molecular weight excluding hydrogens is 364 g/mol. The number of hydrogen-bond acceptors (Lipinski definition) is 9. The Morgan fingerprint density at radius 3 is 1.62 bits per heavy atom. The van der Waals surface area contributed by atoms with Gasteiger partial charge in [0.1, 0.15) is 0 Å². The van der Waals surface area contributed by atoms with E-state index in [0.717, 1.165) is 0 Å². The molecule has 1 atom stereocenters. The third-order valence-electron chi connectivity index (χ3n) is 3.09. The molecule has 150 valence electrons. The Hall–Kier alpha value is -1.77. The minimum atomic E-state index is -1.87. The summed E-state index contributed by atoms with van der Waals surface area (Å²) in [5.41, 5.74) is -1.84. The zero-order chi connectivity index (χ0) is 20.7. The van der Waals surface area contributed by atoms with Gasteiger partial charge in [-0.15, -0.1) is 0 Å². The number of esters is 3. The molecule has 0 bridgehead atoms. The molecule has 0 aliphatic heterocycles. The molecule has 9 heteroatoms. The molecule has 1 unspecified atom stereocenters. The molecule has 8 nitrogen and oxygen atoms in total. The molecule has 0 aliphatic rings. The average molecular weight is 391 g/mol. The van der Waals surface area contributed by atoms with Gasteiger partial charge in [0.05, 0.1) is 16.7 Å². The van der Waals surface area contributed by atoms with Crippen LogP contribution in [0.3, 0.4) is 0 Å². The summed E-state index contributed by atoms with van der Waals surface area (Å²) in [6.07, 6.45) is -0.438. The number of carboxylic acid groups (broad SMARTS) is 1. The lowest BCUT2D eigenvalue weighted by molar-refractivity contribution is -0.305. The molecule has 0 aromatic carbocycles. The maximum absolute atomic E-state index is 12.2. The van der Waals surface area contributed by atoms with Gasteiger partial charge in [0.15, 0.2) is 0 Å². The summed E-state index contributed by atoms with van der Waals surface area (Å²) < 4.78 is 15.0. The molecule has 0 fully saturated rings. The third kappa shape index (κ3) is 9.07. The highest BCUT2D eigenvalue weighted by Crippen LogP contribution is 2.22. The van der Waals surface area contributed by atoms with E-state index in [1.807, 2.05) is 0 Å². The molecule has 0 aliphatic carbocycles. The summed E-state index contributed by atoms with van der Waals surface area (Å²) in [6, 6.07) is 0. The van der Waals surface area contributed by atoms with Crippen molar-refractivity contribution in [2.75, 3.05) is 5.75 Å². The maximum atomic E-state index is 12.2. The highest BCUT2D eigenvalue weighted by atomic mass is 32.1. The van der Waals surface area contributed by atoms with Crippen LogP contribution in [0.4, 0.5) is 0 Å². The van der Waals surface area contributed by atoms with Gasteiger partial charge in [0.2, 0.25) is 0 Å². The summed E-state index contributed by atoms with van der Waals surface area (Å²) in [6.45, 7) is 7.61. The predicted molar refractivity (Wildman–Crippen MR) is 92.6 cm³/mol. The normalized spacial score (nSPS) is 13.1. The molecule has 26 heavy (non-hydrogen) atoms. The van der Waals surface area contributed by atoms with Crippen LogP contribution >= 0.6 is 12.6 Å². The van der Waals surface area contributed by atoms with Crippen molar-refractivity contribution in [1.82, 2.24) is 0 Å². The largest absolute Gasteiger partial charge is 0.550 e. The van der Waals surface area contributed by atoms with E-state index < -0.39 is 47.1 Å². The van der Waals surface area contributed by atoms with Crippen molar-refractivity contribution in [2.45, 2.75) is 60.9 Å². The molecule has 0 saturated heterocycles. The molecule has 0 aromatic rings. The van der Waals surface area contributed by atoms with E-state index in [9.17, 15) is 24.3 Å². The van der Waals surface area contributed by atoms with Gasteiger partial charge in [0.25, 0.3) is 0 Å². The first kappa shape index (κ1) is 24.2. The van der Waals surface area contributed by atoms with Crippen molar-refractivity contribution < 1.29 is 38.5 Å². The fraction of sp³-hybridized carbons (Fsp3) is 0.765. The third-order valence-corrected chi connectivity index (χ3v) is 3.54. The van der Waals surface area contributed by atoms with E-state index in [2.05, 4.69) is 12.6 Å². The van der Waals surface area contributed by atoms with Gasteiger partial charge in [-0.3, -0.25) is 14.4 Å². The molecule has 0 heterocycles. The van der Waals surface area contributed by atoms with Gasteiger partial charge >= 0.3 is 24.4 Å². The van der Waals surface area contributed by atoms with Gasteiger partial charge in [-0.1, -0.05) is 0 Å². The Kier molecular flexibility index (Phi) is 9.13. The standard InChI is InChI=1S/C17H28O8S/c1-16(2,3)13(21)24-15(25-14(22)17(4,5)6)23-12(20)10(9-26)7-8-11(18)19/h10,15,26H,7-9H2,1-6H3,(H,18,19)/p-1. The van der Waals surface area contributed by atoms with Crippen molar-refractivity contribution >= 4 is 36.5 Å². The average Bonchev–Trinajstić information content (AvgIpc) is 2.45. The Morgan fingerprint density at radius 1 is 0.885 bits per heavy atom. The van der Waals surface area contributed by atoms with Crippen LogP contribution in [0.2, 0.25) is 0 Å². The zero-order valence-electron chi connectivity index (χ0n) is 16.0. The van der Waals surface area contributed by atoms with Crippen molar-refractivity contribution in [2.24, 2.45) is 16.7 Å². The molecular formula is C17H27O8S-. The first-order valence-electron chi connectivity index (χ1n) is 8.12.